The van der Waals surface area contributed by atoms with Gasteiger partial charge in [-0.05, 0) is 14.1 Å². The maximum atomic E-state index is 9.29. The van der Waals surface area contributed by atoms with Gasteiger partial charge in [0.15, 0.2) is 0 Å². The largest absolute Gasteiger partial charge is 0.390 e. The molecule has 1 aliphatic rings. The average molecular weight is 145 g/mol. The number of hydrogen-bond donors (Lipinski definition) is 1. The van der Waals surface area contributed by atoms with Gasteiger partial charge in [-0.1, -0.05) is 0 Å². The van der Waals surface area contributed by atoms with Crippen LogP contribution in [0.25, 0.3) is 0 Å². The topological polar surface area (TPSA) is 32.7 Å². The summed E-state index contributed by atoms with van der Waals surface area (Å²) in [5.74, 6) is 0.315. The van der Waals surface area contributed by atoms with E-state index < -0.39 is 0 Å². The van der Waals surface area contributed by atoms with E-state index in [2.05, 4.69) is 4.90 Å². The van der Waals surface area contributed by atoms with Crippen molar-refractivity contribution in [3.63, 3.8) is 0 Å². The lowest BCUT2D eigenvalue weighted by molar-refractivity contribution is 0.113. The summed E-state index contributed by atoms with van der Waals surface area (Å²) in [6.45, 7) is 2.14. The van der Waals surface area contributed by atoms with Crippen molar-refractivity contribution in [2.45, 2.75) is 6.10 Å². The molecule has 0 aliphatic carbocycles. The standard InChI is InChI=1S/C7H15NO2/c1-8(2)3-6-4-10-5-7(6)9/h6-7,9H,3-5H2,1-2H3/t6-,7+/m1/s1. The molecule has 60 valence electrons. The summed E-state index contributed by atoms with van der Waals surface area (Å²) >= 11 is 0. The molecule has 3 nitrogen and oxygen atoms in total. The Labute approximate surface area is 61.6 Å². The molecule has 0 aromatic carbocycles. The molecule has 0 aromatic heterocycles. The monoisotopic (exact) mass is 145 g/mol. The molecule has 1 fully saturated rings. The highest BCUT2D eigenvalue weighted by molar-refractivity contribution is 4.75. The molecule has 2 atom stereocenters. The molecule has 1 rings (SSSR count). The Morgan fingerprint density at radius 2 is 2.20 bits per heavy atom. The minimum atomic E-state index is -0.248. The van der Waals surface area contributed by atoms with Crippen LogP contribution >= 0.6 is 0 Å². The quantitative estimate of drug-likeness (QED) is 0.571. The van der Waals surface area contributed by atoms with Gasteiger partial charge in [0.2, 0.25) is 0 Å². The molecule has 1 saturated heterocycles. The molecule has 0 amide bonds. The number of rotatable bonds is 2. The summed E-state index contributed by atoms with van der Waals surface area (Å²) in [6, 6.07) is 0. The van der Waals surface area contributed by atoms with Gasteiger partial charge in [-0.25, -0.2) is 0 Å². The van der Waals surface area contributed by atoms with Gasteiger partial charge in [0.1, 0.15) is 0 Å². The molecule has 1 N–H and O–H groups in total. The summed E-state index contributed by atoms with van der Waals surface area (Å²) < 4.78 is 5.09. The summed E-state index contributed by atoms with van der Waals surface area (Å²) in [5.41, 5.74) is 0. The second-order valence-electron chi connectivity index (χ2n) is 3.13. The third-order valence-corrected chi connectivity index (χ3v) is 1.76. The molecule has 1 heterocycles. The van der Waals surface area contributed by atoms with E-state index >= 15 is 0 Å². The third-order valence-electron chi connectivity index (χ3n) is 1.76. The SMILES string of the molecule is CN(C)C[C@@H]1COC[C@@H]1O. The first-order chi connectivity index (χ1) is 4.70. The number of aliphatic hydroxyl groups excluding tert-OH is 1. The van der Waals surface area contributed by atoms with Gasteiger partial charge in [-0.2, -0.15) is 0 Å². The van der Waals surface area contributed by atoms with Crippen LogP contribution in [0.2, 0.25) is 0 Å². The molecule has 1 aliphatic heterocycles. The Morgan fingerprint density at radius 1 is 1.50 bits per heavy atom. The van der Waals surface area contributed by atoms with Crippen molar-refractivity contribution in [2.24, 2.45) is 5.92 Å². The van der Waals surface area contributed by atoms with E-state index in [1.54, 1.807) is 0 Å². The zero-order chi connectivity index (χ0) is 7.56. The summed E-state index contributed by atoms with van der Waals surface area (Å²) in [4.78, 5) is 2.07. The first-order valence-electron chi connectivity index (χ1n) is 3.60. The van der Waals surface area contributed by atoms with E-state index in [4.69, 9.17) is 4.74 Å². The average Bonchev–Trinajstić information content (AvgIpc) is 2.15. The van der Waals surface area contributed by atoms with Crippen LogP contribution in [-0.2, 0) is 4.74 Å². The molecule has 0 aromatic rings. The number of ether oxygens (including phenoxy) is 1. The van der Waals surface area contributed by atoms with Gasteiger partial charge in [-0.15, -0.1) is 0 Å². The Morgan fingerprint density at radius 3 is 2.60 bits per heavy atom. The number of hydrogen-bond acceptors (Lipinski definition) is 3. The van der Waals surface area contributed by atoms with Gasteiger partial charge < -0.3 is 14.7 Å². The van der Waals surface area contributed by atoms with Gasteiger partial charge in [-0.3, -0.25) is 0 Å². The van der Waals surface area contributed by atoms with E-state index in [1.807, 2.05) is 14.1 Å². The Balaban J connectivity index is 2.26. The fourth-order valence-electron chi connectivity index (χ4n) is 1.23. The first kappa shape index (κ1) is 7.98. The van der Waals surface area contributed by atoms with Crippen molar-refractivity contribution in [3.8, 4) is 0 Å². The fraction of sp³-hybridized carbons (Fsp3) is 1.00. The summed E-state index contributed by atoms with van der Waals surface area (Å²) in [6.07, 6.45) is -0.248. The van der Waals surface area contributed by atoms with Crippen LogP contribution in [-0.4, -0.2) is 50.0 Å². The van der Waals surface area contributed by atoms with Crippen LogP contribution in [0.1, 0.15) is 0 Å². The fourth-order valence-corrected chi connectivity index (χ4v) is 1.23. The maximum absolute atomic E-state index is 9.29. The zero-order valence-corrected chi connectivity index (χ0v) is 6.58. The lowest BCUT2D eigenvalue weighted by atomic mass is 10.1. The van der Waals surface area contributed by atoms with Crippen molar-refractivity contribution >= 4 is 0 Å². The Bertz CT molecular complexity index is 106. The molecule has 0 spiro atoms. The highest BCUT2D eigenvalue weighted by atomic mass is 16.5. The van der Waals surface area contributed by atoms with Crippen LogP contribution in [0.3, 0.4) is 0 Å². The van der Waals surface area contributed by atoms with E-state index in [0.29, 0.717) is 19.1 Å². The molecular weight excluding hydrogens is 130 g/mol. The molecule has 0 bridgehead atoms. The molecule has 0 saturated carbocycles. The van der Waals surface area contributed by atoms with Crippen LogP contribution in [0.15, 0.2) is 0 Å². The van der Waals surface area contributed by atoms with Crippen LogP contribution in [0.5, 0.6) is 0 Å². The van der Waals surface area contributed by atoms with Gasteiger partial charge in [0.25, 0.3) is 0 Å². The van der Waals surface area contributed by atoms with E-state index in [1.165, 1.54) is 0 Å². The minimum absolute atomic E-state index is 0.248. The Hall–Kier alpha value is -0.120. The predicted molar refractivity (Wildman–Crippen MR) is 38.9 cm³/mol. The van der Waals surface area contributed by atoms with Crippen molar-refractivity contribution in [3.05, 3.63) is 0 Å². The third kappa shape index (κ3) is 1.94. The number of nitrogens with zero attached hydrogens (tertiary/aromatic N) is 1. The zero-order valence-electron chi connectivity index (χ0n) is 6.58. The van der Waals surface area contributed by atoms with Crippen LogP contribution in [0.4, 0.5) is 0 Å². The van der Waals surface area contributed by atoms with Gasteiger partial charge >= 0.3 is 0 Å². The van der Waals surface area contributed by atoms with Crippen molar-refractivity contribution in [2.75, 3.05) is 33.9 Å². The second-order valence-corrected chi connectivity index (χ2v) is 3.13. The highest BCUT2D eigenvalue weighted by Gasteiger charge is 2.25. The lowest BCUT2D eigenvalue weighted by Gasteiger charge is -2.16. The molecule has 0 unspecified atom stereocenters. The smallest absolute Gasteiger partial charge is 0.0836 e. The number of aliphatic hydroxyl groups is 1. The molecule has 3 heteroatoms. The van der Waals surface area contributed by atoms with E-state index in [0.717, 1.165) is 6.54 Å². The first-order valence-corrected chi connectivity index (χ1v) is 3.60. The van der Waals surface area contributed by atoms with Crippen LogP contribution < -0.4 is 0 Å². The lowest BCUT2D eigenvalue weighted by Crippen LogP contribution is -2.29. The van der Waals surface area contributed by atoms with Gasteiger partial charge in [0, 0.05) is 12.5 Å². The normalized spacial score (nSPS) is 33.6. The van der Waals surface area contributed by atoms with Crippen molar-refractivity contribution in [1.29, 1.82) is 0 Å². The summed E-state index contributed by atoms with van der Waals surface area (Å²) in [5, 5.41) is 9.29. The van der Waals surface area contributed by atoms with E-state index in [9.17, 15) is 5.11 Å². The minimum Gasteiger partial charge on any atom is -0.390 e. The molecular formula is C7H15NO2. The molecule has 10 heavy (non-hydrogen) atoms. The van der Waals surface area contributed by atoms with Gasteiger partial charge in [0.05, 0.1) is 19.3 Å². The van der Waals surface area contributed by atoms with Crippen molar-refractivity contribution < 1.29 is 9.84 Å². The van der Waals surface area contributed by atoms with E-state index in [-0.39, 0.29) is 6.10 Å². The predicted octanol–water partition coefficient (Wildman–Crippen LogP) is -0.445. The Kier molecular flexibility index (Phi) is 2.65. The highest BCUT2D eigenvalue weighted by Crippen LogP contribution is 2.13. The molecule has 0 radical (unpaired) electrons. The van der Waals surface area contributed by atoms with Crippen molar-refractivity contribution in [1.82, 2.24) is 4.90 Å². The van der Waals surface area contributed by atoms with Crippen LogP contribution in [0, 0.1) is 5.92 Å². The second kappa shape index (κ2) is 3.32. The summed E-state index contributed by atoms with van der Waals surface area (Å²) in [7, 11) is 4.01. The maximum Gasteiger partial charge on any atom is 0.0836 e.